The molecule has 1 saturated heterocycles. The number of cyclic esters (lactones) is 1. The molecular formula is C21H30FNO3. The highest BCUT2D eigenvalue weighted by atomic mass is 19.1. The van der Waals surface area contributed by atoms with Gasteiger partial charge in [-0.1, -0.05) is 45.2 Å². The van der Waals surface area contributed by atoms with Gasteiger partial charge in [0.1, 0.15) is 12.4 Å². The van der Waals surface area contributed by atoms with Gasteiger partial charge in [0, 0.05) is 6.42 Å². The van der Waals surface area contributed by atoms with Crippen LogP contribution >= 0.6 is 0 Å². The van der Waals surface area contributed by atoms with Crippen LogP contribution in [0.5, 0.6) is 0 Å². The molecule has 1 aromatic rings. The first kappa shape index (κ1) is 20.4. The molecule has 0 aliphatic carbocycles. The minimum Gasteiger partial charge on any atom is -0.447 e. The Morgan fingerprint density at radius 2 is 1.92 bits per heavy atom. The van der Waals surface area contributed by atoms with Crippen molar-refractivity contribution in [2.75, 3.05) is 6.61 Å². The number of hydrogen-bond donors (Lipinski definition) is 0. The Labute approximate surface area is 155 Å². The summed E-state index contributed by atoms with van der Waals surface area (Å²) in [4.78, 5) is 25.3. The van der Waals surface area contributed by atoms with Gasteiger partial charge in [-0.15, -0.1) is 0 Å². The minimum absolute atomic E-state index is 0.118. The van der Waals surface area contributed by atoms with Gasteiger partial charge in [0.2, 0.25) is 5.91 Å². The molecule has 0 aromatic heterocycles. The molecule has 1 aromatic carbocycles. The predicted octanol–water partition coefficient (Wildman–Crippen LogP) is 5.02. The van der Waals surface area contributed by atoms with E-state index in [4.69, 9.17) is 4.74 Å². The summed E-state index contributed by atoms with van der Waals surface area (Å²) in [6.07, 6.45) is 5.84. The molecule has 4 nitrogen and oxygen atoms in total. The average molecular weight is 363 g/mol. The van der Waals surface area contributed by atoms with E-state index >= 15 is 0 Å². The number of carbonyl (C=O) groups is 2. The van der Waals surface area contributed by atoms with E-state index in [0.29, 0.717) is 18.6 Å². The van der Waals surface area contributed by atoms with Crippen molar-refractivity contribution in [2.45, 2.75) is 71.8 Å². The average Bonchev–Trinajstić information content (AvgIpc) is 2.99. The summed E-state index contributed by atoms with van der Waals surface area (Å²) in [5, 5.41) is 0. The fourth-order valence-electron chi connectivity index (χ4n) is 3.33. The number of hydrogen-bond acceptors (Lipinski definition) is 3. The minimum atomic E-state index is -0.497. The quantitative estimate of drug-likeness (QED) is 0.579. The van der Waals surface area contributed by atoms with E-state index in [2.05, 4.69) is 0 Å². The third-order valence-electron chi connectivity index (χ3n) is 5.02. The van der Waals surface area contributed by atoms with Crippen LogP contribution in [-0.2, 0) is 16.0 Å². The van der Waals surface area contributed by atoms with Crippen molar-refractivity contribution >= 4 is 12.0 Å². The molecule has 1 fully saturated rings. The number of aryl methyl sites for hydroxylation is 2. The molecule has 144 valence electrons. The van der Waals surface area contributed by atoms with Crippen molar-refractivity contribution in [3.05, 3.63) is 35.1 Å². The third kappa shape index (κ3) is 5.55. The van der Waals surface area contributed by atoms with E-state index in [1.165, 1.54) is 16.5 Å². The molecule has 5 heteroatoms. The molecule has 0 radical (unpaired) electrons. The largest absolute Gasteiger partial charge is 0.447 e. The number of ether oxygens (including phenoxy) is 1. The summed E-state index contributed by atoms with van der Waals surface area (Å²) in [6, 6.07) is 5.16. The van der Waals surface area contributed by atoms with Gasteiger partial charge in [0.25, 0.3) is 0 Å². The molecule has 1 heterocycles. The van der Waals surface area contributed by atoms with Crippen LogP contribution in [0.1, 0.15) is 63.5 Å². The van der Waals surface area contributed by atoms with Gasteiger partial charge in [-0.05, 0) is 49.3 Å². The van der Waals surface area contributed by atoms with Crippen LogP contribution in [0.15, 0.2) is 18.2 Å². The molecule has 0 spiro atoms. The van der Waals surface area contributed by atoms with Crippen molar-refractivity contribution in [2.24, 2.45) is 5.92 Å². The molecule has 2 amide bonds. The van der Waals surface area contributed by atoms with Crippen molar-refractivity contribution in [3.8, 4) is 0 Å². The molecule has 0 bridgehead atoms. The molecule has 1 aliphatic heterocycles. The first-order valence-electron chi connectivity index (χ1n) is 9.64. The fourth-order valence-corrected chi connectivity index (χ4v) is 3.33. The highest BCUT2D eigenvalue weighted by Gasteiger charge is 2.38. The Balaban J connectivity index is 1.60. The van der Waals surface area contributed by atoms with Gasteiger partial charge in [-0.25, -0.2) is 14.1 Å². The zero-order valence-corrected chi connectivity index (χ0v) is 16.1. The maximum atomic E-state index is 13.2. The second-order valence-corrected chi connectivity index (χ2v) is 7.50. The van der Waals surface area contributed by atoms with E-state index < -0.39 is 6.09 Å². The zero-order chi connectivity index (χ0) is 19.1. The van der Waals surface area contributed by atoms with Crippen LogP contribution in [0.2, 0.25) is 0 Å². The molecule has 26 heavy (non-hydrogen) atoms. The van der Waals surface area contributed by atoms with Crippen LogP contribution in [0.25, 0.3) is 0 Å². The number of benzene rings is 1. The van der Waals surface area contributed by atoms with Crippen molar-refractivity contribution < 1.29 is 18.7 Å². The molecule has 0 saturated carbocycles. The van der Waals surface area contributed by atoms with Gasteiger partial charge in [0.05, 0.1) is 6.04 Å². The maximum Gasteiger partial charge on any atom is 0.416 e. The van der Waals surface area contributed by atoms with E-state index in [9.17, 15) is 14.0 Å². The Bertz CT molecular complexity index is 630. The number of carbonyl (C=O) groups excluding carboxylic acids is 2. The Morgan fingerprint density at radius 1 is 1.23 bits per heavy atom. The van der Waals surface area contributed by atoms with Gasteiger partial charge < -0.3 is 4.74 Å². The number of amides is 2. The second kappa shape index (κ2) is 9.70. The summed E-state index contributed by atoms with van der Waals surface area (Å²) in [7, 11) is 0. The normalized spacial score (nSPS) is 17.0. The lowest BCUT2D eigenvalue weighted by molar-refractivity contribution is -0.129. The second-order valence-electron chi connectivity index (χ2n) is 7.50. The number of halogens is 1. The summed E-state index contributed by atoms with van der Waals surface area (Å²) >= 11 is 0. The molecule has 1 unspecified atom stereocenters. The van der Waals surface area contributed by atoms with Crippen molar-refractivity contribution in [3.63, 3.8) is 0 Å². The molecule has 0 N–H and O–H groups in total. The predicted molar refractivity (Wildman–Crippen MR) is 99.4 cm³/mol. The number of unbranched alkanes of at least 4 members (excludes halogenated alkanes) is 4. The molecule has 2 rings (SSSR count). The standard InChI is InChI=1S/C21H30FNO3/c1-15(2)19-14-26-21(25)23(19)20(24)10-8-6-4-5-7-9-17-11-12-18(22)16(3)13-17/h11-13,15,19H,4-10,14H2,1-3H3. The number of rotatable bonds is 9. The van der Waals surface area contributed by atoms with E-state index in [0.717, 1.165) is 38.5 Å². The van der Waals surface area contributed by atoms with Crippen LogP contribution < -0.4 is 0 Å². The summed E-state index contributed by atoms with van der Waals surface area (Å²) in [5.41, 5.74) is 1.87. The number of nitrogens with zero attached hydrogens (tertiary/aromatic N) is 1. The third-order valence-corrected chi connectivity index (χ3v) is 5.02. The monoisotopic (exact) mass is 363 g/mol. The topological polar surface area (TPSA) is 46.6 Å². The smallest absolute Gasteiger partial charge is 0.416 e. The Morgan fingerprint density at radius 3 is 2.62 bits per heavy atom. The Hall–Kier alpha value is -1.91. The fraction of sp³-hybridized carbons (Fsp3) is 0.619. The van der Waals surface area contributed by atoms with E-state index in [1.807, 2.05) is 26.0 Å². The van der Waals surface area contributed by atoms with E-state index in [-0.39, 0.29) is 23.7 Å². The SMILES string of the molecule is Cc1cc(CCCCCCCC(=O)N2C(=O)OCC2C(C)C)ccc1F. The molecular weight excluding hydrogens is 333 g/mol. The van der Waals surface area contributed by atoms with Gasteiger partial charge >= 0.3 is 6.09 Å². The maximum absolute atomic E-state index is 13.2. The van der Waals surface area contributed by atoms with Gasteiger partial charge in [-0.2, -0.15) is 0 Å². The highest BCUT2D eigenvalue weighted by molar-refractivity contribution is 5.93. The van der Waals surface area contributed by atoms with E-state index in [1.54, 1.807) is 6.92 Å². The van der Waals surface area contributed by atoms with Crippen LogP contribution in [-0.4, -0.2) is 29.5 Å². The van der Waals surface area contributed by atoms with Crippen LogP contribution in [0, 0.1) is 18.7 Å². The summed E-state index contributed by atoms with van der Waals surface area (Å²) < 4.78 is 18.3. The molecule has 1 atom stereocenters. The van der Waals surface area contributed by atoms with Crippen molar-refractivity contribution in [1.82, 2.24) is 4.90 Å². The first-order valence-corrected chi connectivity index (χ1v) is 9.64. The van der Waals surface area contributed by atoms with Crippen LogP contribution in [0.4, 0.5) is 9.18 Å². The van der Waals surface area contributed by atoms with Crippen molar-refractivity contribution in [1.29, 1.82) is 0 Å². The lowest BCUT2D eigenvalue weighted by Crippen LogP contribution is -2.41. The highest BCUT2D eigenvalue weighted by Crippen LogP contribution is 2.21. The Kier molecular flexibility index (Phi) is 7.61. The first-order chi connectivity index (χ1) is 12.4. The molecule has 1 aliphatic rings. The van der Waals surface area contributed by atoms with Crippen LogP contribution in [0.3, 0.4) is 0 Å². The summed E-state index contributed by atoms with van der Waals surface area (Å²) in [5.74, 6) is -0.0616. The summed E-state index contributed by atoms with van der Waals surface area (Å²) in [6.45, 7) is 6.09. The van der Waals surface area contributed by atoms with Gasteiger partial charge in [0.15, 0.2) is 0 Å². The zero-order valence-electron chi connectivity index (χ0n) is 16.1. The lowest BCUT2D eigenvalue weighted by Gasteiger charge is -2.22. The van der Waals surface area contributed by atoms with Gasteiger partial charge in [-0.3, -0.25) is 4.79 Å². The lowest BCUT2D eigenvalue weighted by atomic mass is 10.0. The number of imide groups is 1.